The highest BCUT2D eigenvalue weighted by Crippen LogP contribution is 2.42. The van der Waals surface area contributed by atoms with Gasteiger partial charge >= 0.3 is 0 Å². The summed E-state index contributed by atoms with van der Waals surface area (Å²) < 4.78 is 34.9. The summed E-state index contributed by atoms with van der Waals surface area (Å²) in [6.45, 7) is 0.459. The summed E-state index contributed by atoms with van der Waals surface area (Å²) in [5.74, 6) is -1.13. The number of ketones is 1. The molecule has 1 heterocycles. The van der Waals surface area contributed by atoms with Crippen LogP contribution in [0.1, 0.15) is 24.8 Å². The molecular weight excluding hydrogens is 458 g/mol. The molecule has 34 heavy (non-hydrogen) atoms. The number of carbonyl (C=O) groups is 1. The van der Waals surface area contributed by atoms with Crippen molar-refractivity contribution in [3.8, 4) is 5.75 Å². The maximum absolute atomic E-state index is 13.7. The topological polar surface area (TPSA) is 64.3 Å². The third-order valence-electron chi connectivity index (χ3n) is 5.44. The van der Waals surface area contributed by atoms with E-state index in [1.165, 1.54) is 12.2 Å². The maximum Gasteiger partial charge on any atom is 0.198 e. The van der Waals surface area contributed by atoms with Crippen molar-refractivity contribution in [1.29, 1.82) is 0 Å². The number of halogens is 2. The van der Waals surface area contributed by atoms with Crippen molar-refractivity contribution in [2.75, 3.05) is 6.61 Å². The fourth-order valence-electron chi connectivity index (χ4n) is 3.74. The lowest BCUT2D eigenvalue weighted by atomic mass is 9.89. The normalized spacial score (nSPS) is 19.0. The van der Waals surface area contributed by atoms with Crippen LogP contribution in [-0.2, 0) is 11.8 Å². The number of carbonyl (C=O) groups excluding carboxylic acids is 1. The van der Waals surface area contributed by atoms with Crippen LogP contribution in [0.3, 0.4) is 0 Å². The summed E-state index contributed by atoms with van der Waals surface area (Å²) in [6.07, 6.45) is 7.74. The number of nitrogens with zero attached hydrogens (tertiary/aromatic N) is 2. The molecule has 0 spiro atoms. The Bertz CT molecular complexity index is 1220. The Kier molecular flexibility index (Phi) is 7.29. The number of thioether (sulfide) groups is 1. The smallest absolute Gasteiger partial charge is 0.198 e. The van der Waals surface area contributed by atoms with E-state index < -0.39 is 17.2 Å². The predicted molar refractivity (Wildman–Crippen MR) is 127 cm³/mol. The Morgan fingerprint density at radius 1 is 1.15 bits per heavy atom. The van der Waals surface area contributed by atoms with Gasteiger partial charge in [-0.05, 0) is 73.0 Å². The summed E-state index contributed by atoms with van der Waals surface area (Å²) in [7, 11) is 1.81. The van der Waals surface area contributed by atoms with E-state index in [1.807, 2.05) is 30.3 Å². The van der Waals surface area contributed by atoms with Crippen LogP contribution in [0.4, 0.5) is 8.78 Å². The highest BCUT2D eigenvalue weighted by molar-refractivity contribution is 8.03. The summed E-state index contributed by atoms with van der Waals surface area (Å²) >= 11 is 1.15. The van der Waals surface area contributed by atoms with Gasteiger partial charge in [0.05, 0.1) is 11.5 Å². The zero-order chi connectivity index (χ0) is 24.1. The highest BCUT2D eigenvalue weighted by atomic mass is 32.2. The van der Waals surface area contributed by atoms with Gasteiger partial charge in [0.15, 0.2) is 10.9 Å². The number of hydrogen-bond donors (Lipinski definition) is 1. The Balaban J connectivity index is 1.53. The van der Waals surface area contributed by atoms with Crippen LogP contribution in [0.15, 0.2) is 82.6 Å². The van der Waals surface area contributed by atoms with E-state index in [9.17, 15) is 18.7 Å². The zero-order valence-corrected chi connectivity index (χ0v) is 19.4. The van der Waals surface area contributed by atoms with Crippen LogP contribution < -0.4 is 4.74 Å². The number of para-hydroxylation sites is 1. The van der Waals surface area contributed by atoms with E-state index in [0.717, 1.165) is 35.7 Å². The maximum atomic E-state index is 13.7. The lowest BCUT2D eigenvalue weighted by molar-refractivity contribution is -0.112. The quantitative estimate of drug-likeness (QED) is 0.330. The van der Waals surface area contributed by atoms with Gasteiger partial charge in [-0.2, -0.15) is 0 Å². The Hall–Kier alpha value is -3.23. The van der Waals surface area contributed by atoms with Crippen LogP contribution in [0.25, 0.3) is 6.08 Å². The monoisotopic (exact) mass is 482 g/mol. The lowest BCUT2D eigenvalue weighted by Gasteiger charge is -2.22. The molecule has 1 unspecified atom stereocenters. The molecule has 176 valence electrons. The number of aromatic nitrogens is 2. The molecule has 2 aromatic carbocycles. The third kappa shape index (κ3) is 5.63. The number of rotatable bonds is 9. The first-order valence-electron chi connectivity index (χ1n) is 10.9. The molecule has 0 aliphatic heterocycles. The Labute approximate surface area is 200 Å². The predicted octanol–water partition coefficient (Wildman–Crippen LogP) is 5.32. The van der Waals surface area contributed by atoms with Gasteiger partial charge in [-0.3, -0.25) is 4.79 Å². The van der Waals surface area contributed by atoms with Gasteiger partial charge in [0.25, 0.3) is 0 Å². The number of allylic oxidation sites excluding steroid dienone is 1. The summed E-state index contributed by atoms with van der Waals surface area (Å²) in [5, 5.41) is 12.1. The van der Waals surface area contributed by atoms with E-state index in [4.69, 9.17) is 4.74 Å². The molecule has 1 atom stereocenters. The molecule has 0 radical (unpaired) electrons. The second kappa shape index (κ2) is 10.4. The first-order valence-corrected chi connectivity index (χ1v) is 11.7. The van der Waals surface area contributed by atoms with E-state index in [-0.39, 0.29) is 23.3 Å². The summed E-state index contributed by atoms with van der Waals surface area (Å²) in [5.41, 5.74) is -1.32. The molecule has 0 amide bonds. The molecule has 1 N–H and O–H groups in total. The molecule has 1 aromatic heterocycles. The molecular formula is C26H24F2N2O3S. The van der Waals surface area contributed by atoms with E-state index in [2.05, 4.69) is 4.98 Å². The molecule has 4 rings (SSSR count). The van der Waals surface area contributed by atoms with Crippen molar-refractivity contribution >= 4 is 23.6 Å². The van der Waals surface area contributed by atoms with Crippen molar-refractivity contribution < 1.29 is 23.4 Å². The van der Waals surface area contributed by atoms with Gasteiger partial charge in [-0.1, -0.05) is 18.2 Å². The van der Waals surface area contributed by atoms with Gasteiger partial charge in [-0.15, -0.1) is 0 Å². The van der Waals surface area contributed by atoms with Crippen LogP contribution in [0.2, 0.25) is 0 Å². The summed E-state index contributed by atoms with van der Waals surface area (Å²) in [4.78, 5) is 17.8. The van der Waals surface area contributed by atoms with Crippen molar-refractivity contribution in [2.24, 2.45) is 7.05 Å². The van der Waals surface area contributed by atoms with Gasteiger partial charge < -0.3 is 14.4 Å². The minimum absolute atomic E-state index is 0.0817. The van der Waals surface area contributed by atoms with Crippen LogP contribution in [0, 0.1) is 11.6 Å². The van der Waals surface area contributed by atoms with Crippen LogP contribution in [0.5, 0.6) is 5.75 Å². The molecule has 1 aliphatic carbocycles. The average molecular weight is 483 g/mol. The Morgan fingerprint density at radius 2 is 1.88 bits per heavy atom. The van der Waals surface area contributed by atoms with Crippen LogP contribution in [-0.4, -0.2) is 32.6 Å². The minimum Gasteiger partial charge on any atom is -0.494 e. The first kappa shape index (κ1) is 23.9. The van der Waals surface area contributed by atoms with Crippen molar-refractivity contribution in [3.05, 3.63) is 94.7 Å². The number of Topliss-reactive ketones (excluding diaryl/α,β-unsaturated/α-hetero) is 1. The van der Waals surface area contributed by atoms with Gasteiger partial charge in [-0.25, -0.2) is 13.8 Å². The number of aliphatic hydroxyl groups is 1. The lowest BCUT2D eigenvalue weighted by Crippen LogP contribution is -2.28. The molecule has 0 fully saturated rings. The van der Waals surface area contributed by atoms with Crippen molar-refractivity contribution in [1.82, 2.24) is 9.55 Å². The average Bonchev–Trinajstić information content (AvgIpc) is 3.30. The Morgan fingerprint density at radius 3 is 2.56 bits per heavy atom. The molecule has 8 heteroatoms. The van der Waals surface area contributed by atoms with Gasteiger partial charge in [0, 0.05) is 31.1 Å². The molecule has 3 aromatic rings. The molecule has 0 saturated heterocycles. The number of unbranched alkanes of at least 4 members (excludes halogenated alkanes) is 1. The minimum atomic E-state index is -1.57. The first-order chi connectivity index (χ1) is 16.3. The van der Waals surface area contributed by atoms with E-state index >= 15 is 0 Å². The largest absolute Gasteiger partial charge is 0.494 e. The van der Waals surface area contributed by atoms with Crippen LogP contribution >= 0.6 is 11.8 Å². The number of imidazole rings is 1. The van der Waals surface area contributed by atoms with Crippen molar-refractivity contribution in [2.45, 2.75) is 30.0 Å². The molecule has 0 bridgehead atoms. The molecule has 1 aliphatic rings. The second-order valence-electron chi connectivity index (χ2n) is 8.06. The number of ether oxygens (including phenoxy) is 1. The SMILES string of the molecule is Cn1ccnc1SC1=CC(O)(CCCCOc2ccccc2)/C(=C\c2cc(F)cc(F)c2)C1=O. The number of aryl methyl sites for hydroxylation is 1. The number of hydrogen-bond acceptors (Lipinski definition) is 5. The number of benzene rings is 2. The second-order valence-corrected chi connectivity index (χ2v) is 9.07. The van der Waals surface area contributed by atoms with E-state index in [0.29, 0.717) is 29.5 Å². The fourth-order valence-corrected chi connectivity index (χ4v) is 4.71. The van der Waals surface area contributed by atoms with E-state index in [1.54, 1.807) is 24.0 Å². The zero-order valence-electron chi connectivity index (χ0n) is 18.6. The molecule has 0 saturated carbocycles. The highest BCUT2D eigenvalue weighted by Gasteiger charge is 2.42. The van der Waals surface area contributed by atoms with Gasteiger partial charge in [0.1, 0.15) is 23.0 Å². The third-order valence-corrected chi connectivity index (χ3v) is 6.54. The molecule has 5 nitrogen and oxygen atoms in total. The van der Waals surface area contributed by atoms with Crippen molar-refractivity contribution in [3.63, 3.8) is 0 Å². The summed E-state index contributed by atoms with van der Waals surface area (Å²) in [6, 6.07) is 12.4. The fraction of sp³-hybridized carbons (Fsp3) is 0.231. The standard InChI is InChI=1S/C26H24F2N2O3S/c1-30-11-10-29-25(30)34-23-17-26(32,9-5-6-12-33-21-7-3-2-4-8-21)22(24(23)31)15-18-13-19(27)16-20(28)14-18/h2-4,7-8,10-11,13-17,32H,5-6,9,12H2,1H3/b22-15-. The van der Waals surface area contributed by atoms with Gasteiger partial charge in [0.2, 0.25) is 0 Å².